The van der Waals surface area contributed by atoms with Crippen molar-refractivity contribution in [2.24, 2.45) is 10.9 Å². The highest BCUT2D eigenvalue weighted by molar-refractivity contribution is 5.80. The maximum absolute atomic E-state index is 9.08. The predicted octanol–water partition coefficient (Wildman–Crippen LogP) is 1.21. The van der Waals surface area contributed by atoms with Crippen LogP contribution in [0, 0.1) is 5.92 Å². The summed E-state index contributed by atoms with van der Waals surface area (Å²) in [5.41, 5.74) is 1.23. The molecule has 1 rings (SSSR count). The normalized spacial score (nSPS) is 19.3. The summed E-state index contributed by atoms with van der Waals surface area (Å²) in [7, 11) is 0. The number of rotatable bonds is 7. The van der Waals surface area contributed by atoms with Crippen molar-refractivity contribution in [2.45, 2.75) is 39.7 Å². The molecule has 122 valence electrons. The van der Waals surface area contributed by atoms with Crippen molar-refractivity contribution in [1.29, 1.82) is 0 Å². The summed E-state index contributed by atoms with van der Waals surface area (Å²) in [5, 5.41) is 15.9. The molecule has 0 amide bonds. The second-order valence-electron chi connectivity index (χ2n) is 6.16. The highest BCUT2D eigenvalue weighted by atomic mass is 16.3. The summed E-state index contributed by atoms with van der Waals surface area (Å²) in [6.45, 7) is 15.1. The predicted molar refractivity (Wildman–Crippen MR) is 89.6 cm³/mol. The Hall–Kier alpha value is -1.07. The highest BCUT2D eigenvalue weighted by Crippen LogP contribution is 2.11. The first-order chi connectivity index (χ1) is 10.0. The standard InChI is InChI=1S/C16H32N4O/c1-5-17-16(18-10-14(4)12-21)19-15-6-8-20(9-7-15)11-13(2)3/h14-15,21H,2,5-12H2,1,3-4H3,(H2,17,18,19). The van der Waals surface area contributed by atoms with Gasteiger partial charge in [0.2, 0.25) is 0 Å². The van der Waals surface area contributed by atoms with Gasteiger partial charge in [-0.1, -0.05) is 19.1 Å². The van der Waals surface area contributed by atoms with Gasteiger partial charge in [-0.25, -0.2) is 0 Å². The third kappa shape index (κ3) is 7.48. The van der Waals surface area contributed by atoms with Crippen LogP contribution in [0.25, 0.3) is 0 Å². The van der Waals surface area contributed by atoms with E-state index in [0.29, 0.717) is 12.6 Å². The van der Waals surface area contributed by atoms with Crippen LogP contribution < -0.4 is 10.6 Å². The molecule has 3 N–H and O–H groups in total. The molecule has 1 aliphatic heterocycles. The van der Waals surface area contributed by atoms with E-state index in [1.54, 1.807) is 0 Å². The molecule has 0 aromatic rings. The average molecular weight is 296 g/mol. The third-order valence-electron chi connectivity index (χ3n) is 3.64. The van der Waals surface area contributed by atoms with E-state index in [1.807, 2.05) is 6.92 Å². The summed E-state index contributed by atoms with van der Waals surface area (Å²) >= 11 is 0. The Morgan fingerprint density at radius 1 is 1.43 bits per heavy atom. The number of aliphatic hydroxyl groups excluding tert-OH is 1. The summed E-state index contributed by atoms with van der Waals surface area (Å²) in [5.74, 6) is 1.08. The molecule has 1 atom stereocenters. The minimum atomic E-state index is 0.183. The van der Waals surface area contributed by atoms with Crippen molar-refractivity contribution < 1.29 is 5.11 Å². The number of piperidine rings is 1. The van der Waals surface area contributed by atoms with Gasteiger partial charge >= 0.3 is 0 Å². The van der Waals surface area contributed by atoms with Crippen LogP contribution in [0.4, 0.5) is 0 Å². The SMILES string of the molecule is C=C(C)CN1CCC(NC(=NCC(C)CO)NCC)CC1. The fourth-order valence-corrected chi connectivity index (χ4v) is 2.44. The van der Waals surface area contributed by atoms with Gasteiger partial charge in [0.15, 0.2) is 5.96 Å². The first kappa shape index (κ1) is 18.0. The van der Waals surface area contributed by atoms with Crippen LogP contribution in [0.15, 0.2) is 17.1 Å². The Labute approximate surface area is 129 Å². The van der Waals surface area contributed by atoms with E-state index in [0.717, 1.165) is 45.0 Å². The Balaban J connectivity index is 2.40. The second-order valence-corrected chi connectivity index (χ2v) is 6.16. The fourth-order valence-electron chi connectivity index (χ4n) is 2.44. The lowest BCUT2D eigenvalue weighted by Gasteiger charge is -2.33. The number of aliphatic hydroxyl groups is 1. The summed E-state index contributed by atoms with van der Waals surface area (Å²) in [4.78, 5) is 7.01. The number of aliphatic imine (C=N–C) groups is 1. The molecule has 1 saturated heterocycles. The van der Waals surface area contributed by atoms with Crippen LogP contribution in [0.3, 0.4) is 0 Å². The Morgan fingerprint density at radius 2 is 2.10 bits per heavy atom. The highest BCUT2D eigenvalue weighted by Gasteiger charge is 2.19. The molecule has 0 saturated carbocycles. The first-order valence-electron chi connectivity index (χ1n) is 8.07. The minimum Gasteiger partial charge on any atom is -0.396 e. The van der Waals surface area contributed by atoms with E-state index in [2.05, 4.69) is 41.0 Å². The molecular formula is C16H32N4O. The Morgan fingerprint density at radius 3 is 2.62 bits per heavy atom. The molecule has 5 heteroatoms. The van der Waals surface area contributed by atoms with Crippen LogP contribution in [0.1, 0.15) is 33.6 Å². The zero-order valence-electron chi connectivity index (χ0n) is 13.9. The molecule has 0 spiro atoms. The van der Waals surface area contributed by atoms with Crippen molar-refractivity contribution in [2.75, 3.05) is 39.3 Å². The van der Waals surface area contributed by atoms with E-state index in [-0.39, 0.29) is 12.5 Å². The van der Waals surface area contributed by atoms with E-state index < -0.39 is 0 Å². The monoisotopic (exact) mass is 296 g/mol. The molecule has 5 nitrogen and oxygen atoms in total. The summed E-state index contributed by atoms with van der Waals surface area (Å²) < 4.78 is 0. The smallest absolute Gasteiger partial charge is 0.191 e. The van der Waals surface area contributed by atoms with Gasteiger partial charge in [-0.3, -0.25) is 9.89 Å². The van der Waals surface area contributed by atoms with Crippen LogP contribution in [0.5, 0.6) is 0 Å². The number of nitrogens with zero attached hydrogens (tertiary/aromatic N) is 2. The van der Waals surface area contributed by atoms with Gasteiger partial charge in [0.25, 0.3) is 0 Å². The molecule has 0 radical (unpaired) electrons. The molecule has 1 heterocycles. The average Bonchev–Trinajstić information content (AvgIpc) is 2.46. The lowest BCUT2D eigenvalue weighted by Crippen LogP contribution is -2.49. The van der Waals surface area contributed by atoms with Crippen molar-refractivity contribution in [3.05, 3.63) is 12.2 Å². The van der Waals surface area contributed by atoms with Crippen LogP contribution in [-0.2, 0) is 0 Å². The second kappa shape index (κ2) is 9.79. The molecular weight excluding hydrogens is 264 g/mol. The number of hydrogen-bond donors (Lipinski definition) is 3. The largest absolute Gasteiger partial charge is 0.396 e. The maximum atomic E-state index is 9.08. The fraction of sp³-hybridized carbons (Fsp3) is 0.812. The Kier molecular flexibility index (Phi) is 8.38. The Bertz CT molecular complexity index is 335. The van der Waals surface area contributed by atoms with Gasteiger partial charge in [0, 0.05) is 45.4 Å². The molecule has 0 aromatic carbocycles. The minimum absolute atomic E-state index is 0.183. The third-order valence-corrected chi connectivity index (χ3v) is 3.64. The maximum Gasteiger partial charge on any atom is 0.191 e. The van der Waals surface area contributed by atoms with Gasteiger partial charge in [-0.15, -0.1) is 0 Å². The van der Waals surface area contributed by atoms with E-state index in [4.69, 9.17) is 5.11 Å². The van der Waals surface area contributed by atoms with Crippen LogP contribution >= 0.6 is 0 Å². The lowest BCUT2D eigenvalue weighted by molar-refractivity contribution is 0.220. The number of hydrogen-bond acceptors (Lipinski definition) is 3. The van der Waals surface area contributed by atoms with Crippen LogP contribution in [-0.4, -0.2) is 61.3 Å². The number of nitrogens with one attached hydrogen (secondary N) is 2. The molecule has 1 fully saturated rings. The zero-order valence-corrected chi connectivity index (χ0v) is 13.9. The van der Waals surface area contributed by atoms with Gasteiger partial charge in [0.05, 0.1) is 0 Å². The topological polar surface area (TPSA) is 59.9 Å². The lowest BCUT2D eigenvalue weighted by atomic mass is 10.0. The van der Waals surface area contributed by atoms with Crippen molar-refractivity contribution in [3.63, 3.8) is 0 Å². The number of likely N-dealkylation sites (tertiary alicyclic amines) is 1. The molecule has 1 unspecified atom stereocenters. The van der Waals surface area contributed by atoms with Crippen molar-refractivity contribution in [3.8, 4) is 0 Å². The number of guanidine groups is 1. The summed E-state index contributed by atoms with van der Waals surface area (Å²) in [6, 6.07) is 0.480. The van der Waals surface area contributed by atoms with Crippen molar-refractivity contribution in [1.82, 2.24) is 15.5 Å². The van der Waals surface area contributed by atoms with E-state index in [9.17, 15) is 0 Å². The van der Waals surface area contributed by atoms with E-state index in [1.165, 1.54) is 5.57 Å². The molecule has 1 aliphatic rings. The van der Waals surface area contributed by atoms with Crippen molar-refractivity contribution >= 4 is 5.96 Å². The molecule has 0 bridgehead atoms. The summed E-state index contributed by atoms with van der Waals surface area (Å²) in [6.07, 6.45) is 2.26. The van der Waals surface area contributed by atoms with Gasteiger partial charge in [0.1, 0.15) is 0 Å². The first-order valence-corrected chi connectivity index (χ1v) is 8.07. The quantitative estimate of drug-likeness (QED) is 0.375. The van der Waals surface area contributed by atoms with Crippen LogP contribution in [0.2, 0.25) is 0 Å². The van der Waals surface area contributed by atoms with Gasteiger partial charge in [-0.2, -0.15) is 0 Å². The zero-order chi connectivity index (χ0) is 15.7. The van der Waals surface area contributed by atoms with Gasteiger partial charge < -0.3 is 15.7 Å². The molecule has 0 aliphatic carbocycles. The van der Waals surface area contributed by atoms with E-state index >= 15 is 0 Å². The molecule has 21 heavy (non-hydrogen) atoms. The van der Waals surface area contributed by atoms with Gasteiger partial charge in [-0.05, 0) is 32.6 Å². The molecule has 0 aromatic heterocycles.